The van der Waals surface area contributed by atoms with E-state index in [9.17, 15) is 39.5 Å². The first kappa shape index (κ1) is 38.1. The number of fused-ring (bicyclic) bond motifs is 1. The van der Waals surface area contributed by atoms with Gasteiger partial charge in [0.1, 0.15) is 6.33 Å². The van der Waals surface area contributed by atoms with E-state index in [1.807, 2.05) is 36.9 Å². The van der Waals surface area contributed by atoms with Crippen LogP contribution in [0.5, 0.6) is 0 Å². The van der Waals surface area contributed by atoms with Crippen LogP contribution in [0, 0.1) is 0 Å². The lowest BCUT2D eigenvalue weighted by Gasteiger charge is -2.19. The van der Waals surface area contributed by atoms with Gasteiger partial charge in [0.05, 0.1) is 5.69 Å². The van der Waals surface area contributed by atoms with Crippen molar-refractivity contribution in [1.29, 1.82) is 0 Å². The highest BCUT2D eigenvalue weighted by Gasteiger charge is 2.39. The zero-order chi connectivity index (χ0) is 34.4. The van der Waals surface area contributed by atoms with Crippen molar-refractivity contribution >= 4 is 17.9 Å². The molecule has 0 bridgehead atoms. The van der Waals surface area contributed by atoms with Crippen molar-refractivity contribution in [3.8, 4) is 11.3 Å². The highest BCUT2D eigenvalue weighted by atomic mass is 19.4. The molecule has 0 fully saturated rings. The molecule has 3 aromatic rings. The van der Waals surface area contributed by atoms with Crippen LogP contribution in [-0.2, 0) is 33.8 Å². The number of alkyl halides is 9. The van der Waals surface area contributed by atoms with E-state index in [4.69, 9.17) is 29.7 Å². The summed E-state index contributed by atoms with van der Waals surface area (Å²) in [6.45, 7) is 2.98. The highest BCUT2D eigenvalue weighted by molar-refractivity contribution is 5.73. The molecule has 4 heterocycles. The van der Waals surface area contributed by atoms with Gasteiger partial charge in [-0.1, -0.05) is 0 Å². The number of halogens is 9. The largest absolute Gasteiger partial charge is 0.490 e. The molecule has 0 aromatic carbocycles. The maximum atomic E-state index is 10.6. The Morgan fingerprint density at radius 3 is 1.49 bits per heavy atom. The lowest BCUT2D eigenvalue weighted by Crippen LogP contribution is -2.25. The van der Waals surface area contributed by atoms with Gasteiger partial charge in [-0.2, -0.15) is 39.5 Å². The van der Waals surface area contributed by atoms with E-state index in [1.165, 1.54) is 16.8 Å². The summed E-state index contributed by atoms with van der Waals surface area (Å²) in [5.74, 6) is -8.27. The van der Waals surface area contributed by atoms with Crippen molar-refractivity contribution in [2.45, 2.75) is 37.9 Å². The quantitative estimate of drug-likeness (QED) is 0.341. The first-order valence-electron chi connectivity index (χ1n) is 12.0. The molecular formula is C25H22F9N5O6. The zero-order valence-electron chi connectivity index (χ0n) is 22.4. The van der Waals surface area contributed by atoms with E-state index in [-0.39, 0.29) is 0 Å². The topological polar surface area (TPSA) is 167 Å². The van der Waals surface area contributed by atoms with Crippen molar-refractivity contribution in [3.63, 3.8) is 0 Å². The third kappa shape index (κ3) is 14.4. The molecule has 0 saturated carbocycles. The summed E-state index contributed by atoms with van der Waals surface area (Å²) >= 11 is 0. The average Bonchev–Trinajstić information content (AvgIpc) is 3.16. The molecule has 1 aliphatic heterocycles. The zero-order valence-corrected chi connectivity index (χ0v) is 22.4. The summed E-state index contributed by atoms with van der Waals surface area (Å²) in [7, 11) is 0. The van der Waals surface area contributed by atoms with Gasteiger partial charge in [0.2, 0.25) is 0 Å². The fraction of sp³-hybridized carbons (Fsp3) is 0.320. The van der Waals surface area contributed by atoms with Gasteiger partial charge in [0.15, 0.2) is 0 Å². The predicted molar refractivity (Wildman–Crippen MR) is 133 cm³/mol. The molecule has 0 unspecified atom stereocenters. The molecule has 3 aromatic heterocycles. The molecular weight excluding hydrogens is 637 g/mol. The van der Waals surface area contributed by atoms with E-state index in [1.54, 1.807) is 6.33 Å². The Kier molecular flexibility index (Phi) is 14.3. The fourth-order valence-corrected chi connectivity index (χ4v) is 3.24. The highest BCUT2D eigenvalue weighted by Crippen LogP contribution is 2.25. The van der Waals surface area contributed by atoms with Crippen LogP contribution >= 0.6 is 0 Å². The van der Waals surface area contributed by atoms with Gasteiger partial charge in [-0.05, 0) is 36.2 Å². The number of carboxylic acids is 3. The number of rotatable bonds is 3. The number of hydrogen-bond acceptors (Lipinski definition) is 8. The molecule has 20 heteroatoms. The lowest BCUT2D eigenvalue weighted by molar-refractivity contribution is -0.193. The number of pyridine rings is 2. The Hall–Kier alpha value is -4.88. The van der Waals surface area contributed by atoms with E-state index < -0.39 is 36.4 Å². The molecule has 0 radical (unpaired) electrons. The summed E-state index contributed by atoms with van der Waals surface area (Å²) in [6, 6.07) is 8.20. The second kappa shape index (κ2) is 16.8. The summed E-state index contributed by atoms with van der Waals surface area (Å²) in [5, 5.41) is 21.4. The standard InChI is InChI=1S/C19H19N5.3C2HF3O2/c1-7-20-8-2-15(1)13-24-11-5-17-18(6-12-24)22-14-23-19(17)16-3-9-21-10-4-16;3*3-2(4,5)1(6)7/h1-4,7-10,14H,5-6,11-13H2;3*(H,6,7). The molecule has 1 aliphatic rings. The van der Waals surface area contributed by atoms with Gasteiger partial charge in [0.25, 0.3) is 0 Å². The molecule has 0 spiro atoms. The van der Waals surface area contributed by atoms with E-state index in [0.717, 1.165) is 43.7 Å². The van der Waals surface area contributed by atoms with Crippen LogP contribution in [0.2, 0.25) is 0 Å². The monoisotopic (exact) mass is 659 g/mol. The second-order valence-corrected chi connectivity index (χ2v) is 8.42. The average molecular weight is 659 g/mol. The van der Waals surface area contributed by atoms with Crippen LogP contribution in [0.4, 0.5) is 39.5 Å². The number of nitrogens with zero attached hydrogens (tertiary/aromatic N) is 5. The van der Waals surface area contributed by atoms with Gasteiger partial charge in [0, 0.05) is 67.7 Å². The predicted octanol–water partition coefficient (Wildman–Crippen LogP) is 4.43. The SMILES string of the molecule is O=C(O)C(F)(F)F.O=C(O)C(F)(F)F.O=C(O)C(F)(F)F.c1cc(CN2CCc3ncnc(-c4ccncc4)c3CC2)ccn1. The van der Waals surface area contributed by atoms with Crippen molar-refractivity contribution in [3.05, 3.63) is 72.2 Å². The van der Waals surface area contributed by atoms with Crippen LogP contribution in [0.15, 0.2) is 55.4 Å². The summed E-state index contributed by atoms with van der Waals surface area (Å²) in [4.78, 5) is 46.5. The Morgan fingerprint density at radius 1 is 0.667 bits per heavy atom. The van der Waals surface area contributed by atoms with E-state index in [2.05, 4.69) is 37.0 Å². The Morgan fingerprint density at radius 2 is 1.07 bits per heavy atom. The minimum Gasteiger partial charge on any atom is -0.475 e. The normalized spacial score (nSPS) is 13.2. The molecule has 11 nitrogen and oxygen atoms in total. The molecule has 0 amide bonds. The summed E-state index contributed by atoms with van der Waals surface area (Å²) in [5.41, 5.74) is 5.92. The minimum absolute atomic E-state index is 0.953. The molecule has 0 aliphatic carbocycles. The van der Waals surface area contributed by atoms with E-state index in [0.29, 0.717) is 0 Å². The third-order valence-corrected chi connectivity index (χ3v) is 5.21. The van der Waals surface area contributed by atoms with Crippen molar-refractivity contribution in [2.24, 2.45) is 0 Å². The second-order valence-electron chi connectivity index (χ2n) is 8.42. The summed E-state index contributed by atoms with van der Waals surface area (Å²) in [6.07, 6.45) is -4.29. The first-order valence-corrected chi connectivity index (χ1v) is 12.0. The van der Waals surface area contributed by atoms with Gasteiger partial charge >= 0.3 is 36.4 Å². The minimum atomic E-state index is -5.08. The number of hydrogen-bond donors (Lipinski definition) is 3. The van der Waals surface area contributed by atoms with Gasteiger partial charge in [-0.25, -0.2) is 24.4 Å². The Balaban J connectivity index is 0.000000396. The van der Waals surface area contributed by atoms with Crippen LogP contribution in [0.1, 0.15) is 16.8 Å². The lowest BCUT2D eigenvalue weighted by atomic mass is 10.0. The molecule has 246 valence electrons. The van der Waals surface area contributed by atoms with Crippen LogP contribution in [0.3, 0.4) is 0 Å². The molecule has 0 atom stereocenters. The Bertz CT molecular complexity index is 1330. The van der Waals surface area contributed by atoms with Gasteiger partial charge in [-0.15, -0.1) is 0 Å². The van der Waals surface area contributed by atoms with Crippen LogP contribution in [0.25, 0.3) is 11.3 Å². The van der Waals surface area contributed by atoms with Gasteiger partial charge in [-0.3, -0.25) is 14.9 Å². The third-order valence-electron chi connectivity index (χ3n) is 5.21. The molecule has 3 N–H and O–H groups in total. The van der Waals surface area contributed by atoms with Crippen molar-refractivity contribution in [1.82, 2.24) is 24.8 Å². The maximum absolute atomic E-state index is 10.6. The van der Waals surface area contributed by atoms with E-state index >= 15 is 0 Å². The molecule has 0 saturated heterocycles. The fourth-order valence-electron chi connectivity index (χ4n) is 3.24. The first-order chi connectivity index (χ1) is 20.7. The van der Waals surface area contributed by atoms with Crippen molar-refractivity contribution < 1.29 is 69.2 Å². The number of aromatic nitrogens is 4. The number of aliphatic carboxylic acids is 3. The van der Waals surface area contributed by atoms with Crippen LogP contribution in [-0.4, -0.2) is 89.7 Å². The summed E-state index contributed by atoms with van der Waals surface area (Å²) < 4.78 is 95.2. The number of carboxylic acid groups (broad SMARTS) is 3. The number of carbonyl (C=O) groups is 3. The van der Waals surface area contributed by atoms with Crippen molar-refractivity contribution in [2.75, 3.05) is 13.1 Å². The maximum Gasteiger partial charge on any atom is 0.490 e. The molecule has 4 rings (SSSR count). The smallest absolute Gasteiger partial charge is 0.475 e. The molecule has 45 heavy (non-hydrogen) atoms. The van der Waals surface area contributed by atoms with Gasteiger partial charge < -0.3 is 15.3 Å². The van der Waals surface area contributed by atoms with Crippen LogP contribution < -0.4 is 0 Å². The Labute approximate surface area is 247 Å².